The molecule has 176 valence electrons. The number of aromatic nitrogens is 2. The molecule has 0 bridgehead atoms. The van der Waals surface area contributed by atoms with E-state index >= 15 is 0 Å². The van der Waals surface area contributed by atoms with E-state index in [-0.39, 0.29) is 17.8 Å². The van der Waals surface area contributed by atoms with Crippen LogP contribution >= 0.6 is 0 Å². The molecule has 0 radical (unpaired) electrons. The normalized spacial score (nSPS) is 12.8. The predicted molar refractivity (Wildman–Crippen MR) is 99.4 cm³/mol. The molecule has 3 aromatic rings. The van der Waals surface area contributed by atoms with Crippen molar-refractivity contribution in [3.63, 3.8) is 0 Å². The summed E-state index contributed by atoms with van der Waals surface area (Å²) < 4.78 is 121. The van der Waals surface area contributed by atoms with Crippen molar-refractivity contribution in [2.75, 3.05) is 5.73 Å². The number of aryl methyl sites for hydroxylation is 1. The van der Waals surface area contributed by atoms with E-state index in [2.05, 4.69) is 4.98 Å². The van der Waals surface area contributed by atoms with Crippen molar-refractivity contribution >= 4 is 5.69 Å². The van der Waals surface area contributed by atoms with E-state index in [0.717, 1.165) is 0 Å². The smallest absolute Gasteiger partial charge is 0.392 e. The van der Waals surface area contributed by atoms with E-state index in [1.54, 1.807) is 6.92 Å². The Bertz CT molecular complexity index is 1250. The van der Waals surface area contributed by atoms with Crippen LogP contribution in [0, 0.1) is 6.92 Å². The van der Waals surface area contributed by atoms with Crippen molar-refractivity contribution in [1.82, 2.24) is 9.55 Å². The van der Waals surface area contributed by atoms with E-state index in [4.69, 9.17) is 5.73 Å². The Balaban J connectivity index is 2.49. The van der Waals surface area contributed by atoms with Crippen molar-refractivity contribution in [1.29, 1.82) is 0 Å². The number of benzene rings is 2. The molecule has 3 rings (SSSR count). The second-order valence-electron chi connectivity index (χ2n) is 6.93. The maximum absolute atomic E-state index is 13.7. The Hall–Kier alpha value is -3.51. The Morgan fingerprint density at radius 2 is 1.39 bits per heavy atom. The molecule has 1 heterocycles. The minimum atomic E-state index is -5.42. The molecule has 0 amide bonds. The van der Waals surface area contributed by atoms with Crippen molar-refractivity contribution in [2.24, 2.45) is 0 Å². The number of anilines is 1. The fourth-order valence-electron chi connectivity index (χ4n) is 3.01. The van der Waals surface area contributed by atoms with Crippen LogP contribution in [0.4, 0.5) is 45.2 Å². The first kappa shape index (κ1) is 24.1. The molecular weight excluding hydrogens is 469 g/mol. The van der Waals surface area contributed by atoms with Gasteiger partial charge in [0.15, 0.2) is 5.69 Å². The molecule has 0 unspecified atom stereocenters. The van der Waals surface area contributed by atoms with Crippen LogP contribution < -0.4 is 11.3 Å². The highest BCUT2D eigenvalue weighted by Gasteiger charge is 2.41. The molecule has 13 heteroatoms. The highest BCUT2D eigenvalue weighted by molar-refractivity contribution is 5.67. The summed E-state index contributed by atoms with van der Waals surface area (Å²) in [5, 5.41) is 0. The Labute approximate surface area is 179 Å². The van der Waals surface area contributed by atoms with Crippen LogP contribution in [0.5, 0.6) is 0 Å². The van der Waals surface area contributed by atoms with Crippen LogP contribution in [-0.2, 0) is 18.5 Å². The molecule has 0 saturated heterocycles. The summed E-state index contributed by atoms with van der Waals surface area (Å²) >= 11 is 0. The summed E-state index contributed by atoms with van der Waals surface area (Å²) in [6, 6.07) is 5.56. The van der Waals surface area contributed by atoms with Crippen LogP contribution in [0.2, 0.25) is 0 Å². The number of nitrogen functional groups attached to an aromatic ring is 1. The fourth-order valence-corrected chi connectivity index (χ4v) is 3.01. The molecule has 0 aliphatic heterocycles. The third-order valence-electron chi connectivity index (χ3n) is 4.57. The van der Waals surface area contributed by atoms with E-state index in [1.165, 1.54) is 24.3 Å². The summed E-state index contributed by atoms with van der Waals surface area (Å²) in [5.74, 6) is -1.17. The average Bonchev–Trinajstić information content (AvgIpc) is 2.68. The van der Waals surface area contributed by atoms with Crippen LogP contribution in [0.3, 0.4) is 0 Å². The number of nitrogens with zero attached hydrogens (tertiary/aromatic N) is 2. The third kappa shape index (κ3) is 4.66. The lowest BCUT2D eigenvalue weighted by Crippen LogP contribution is -2.30. The standard InChI is InChI=1S/C20H12F9N3O/c1-9-2-5-11(6-3-9)32-16(31-15(20(27,28)29)14(30)17(32)33)12-7-4-10(18(21,22)23)8-13(12)19(24,25)26/h2-8H,30H2,1H3. The molecule has 2 N–H and O–H groups in total. The topological polar surface area (TPSA) is 60.9 Å². The van der Waals surface area contributed by atoms with Crippen molar-refractivity contribution in [3.8, 4) is 17.1 Å². The first-order chi connectivity index (χ1) is 15.0. The van der Waals surface area contributed by atoms with Crippen molar-refractivity contribution < 1.29 is 39.5 Å². The van der Waals surface area contributed by atoms with Crippen molar-refractivity contribution in [3.05, 3.63) is 75.2 Å². The van der Waals surface area contributed by atoms with E-state index in [9.17, 15) is 44.3 Å². The third-order valence-corrected chi connectivity index (χ3v) is 4.57. The van der Waals surface area contributed by atoms with Crippen molar-refractivity contribution in [2.45, 2.75) is 25.5 Å². The highest BCUT2D eigenvalue weighted by Crippen LogP contribution is 2.41. The van der Waals surface area contributed by atoms with Gasteiger partial charge in [0.25, 0.3) is 5.56 Å². The molecule has 0 fully saturated rings. The summed E-state index contributed by atoms with van der Waals surface area (Å²) in [6.07, 6.45) is -15.9. The van der Waals surface area contributed by atoms with E-state index in [1.807, 2.05) is 0 Å². The van der Waals surface area contributed by atoms with Crippen LogP contribution in [0.1, 0.15) is 22.4 Å². The fraction of sp³-hybridized carbons (Fsp3) is 0.200. The second kappa shape index (κ2) is 7.81. The van der Waals surface area contributed by atoms with Gasteiger partial charge >= 0.3 is 18.5 Å². The molecule has 0 aliphatic carbocycles. The van der Waals surface area contributed by atoms with Gasteiger partial charge in [0.05, 0.1) is 16.8 Å². The van der Waals surface area contributed by atoms with Gasteiger partial charge in [-0.15, -0.1) is 0 Å². The zero-order chi connectivity index (χ0) is 24.9. The molecule has 0 saturated carbocycles. The molecular formula is C20H12F9N3O. The highest BCUT2D eigenvalue weighted by atomic mass is 19.4. The summed E-state index contributed by atoms with van der Waals surface area (Å²) in [5.41, 5.74) is -3.91. The summed E-state index contributed by atoms with van der Waals surface area (Å²) in [6.45, 7) is 1.63. The first-order valence-electron chi connectivity index (χ1n) is 8.87. The van der Waals surface area contributed by atoms with Gasteiger partial charge in [-0.2, -0.15) is 39.5 Å². The van der Waals surface area contributed by atoms with Gasteiger partial charge in [0, 0.05) is 5.56 Å². The Morgan fingerprint density at radius 1 is 0.818 bits per heavy atom. The van der Waals surface area contributed by atoms with Crippen LogP contribution in [0.25, 0.3) is 17.1 Å². The molecule has 33 heavy (non-hydrogen) atoms. The lowest BCUT2D eigenvalue weighted by molar-refractivity contribution is -0.142. The van der Waals surface area contributed by atoms with E-state index < -0.39 is 58.0 Å². The lowest BCUT2D eigenvalue weighted by atomic mass is 10.0. The summed E-state index contributed by atoms with van der Waals surface area (Å²) in [7, 11) is 0. The minimum absolute atomic E-state index is 0.193. The van der Waals surface area contributed by atoms with Crippen LogP contribution in [0.15, 0.2) is 47.3 Å². The maximum atomic E-state index is 13.7. The number of hydrogen-bond donors (Lipinski definition) is 1. The summed E-state index contributed by atoms with van der Waals surface area (Å²) in [4.78, 5) is 15.9. The molecule has 0 aliphatic rings. The van der Waals surface area contributed by atoms with Gasteiger partial charge < -0.3 is 5.73 Å². The maximum Gasteiger partial charge on any atom is 0.435 e. The number of nitrogens with two attached hydrogens (primary N) is 1. The zero-order valence-electron chi connectivity index (χ0n) is 16.3. The number of alkyl halides is 9. The SMILES string of the molecule is Cc1ccc(-n2c(-c3ccc(C(F)(F)F)cc3C(F)(F)F)nc(C(F)(F)F)c(N)c2=O)cc1. The molecule has 0 atom stereocenters. The van der Waals surface area contributed by atoms with Gasteiger partial charge in [-0.25, -0.2) is 4.98 Å². The van der Waals surface area contributed by atoms with Gasteiger partial charge in [-0.05, 0) is 31.2 Å². The van der Waals surface area contributed by atoms with Gasteiger partial charge in [0.2, 0.25) is 0 Å². The number of hydrogen-bond acceptors (Lipinski definition) is 3. The van der Waals surface area contributed by atoms with Crippen LogP contribution in [-0.4, -0.2) is 9.55 Å². The van der Waals surface area contributed by atoms with Gasteiger partial charge in [0.1, 0.15) is 11.5 Å². The second-order valence-corrected chi connectivity index (χ2v) is 6.93. The minimum Gasteiger partial charge on any atom is -0.392 e. The van der Waals surface area contributed by atoms with Gasteiger partial charge in [-0.3, -0.25) is 9.36 Å². The first-order valence-corrected chi connectivity index (χ1v) is 8.87. The van der Waals surface area contributed by atoms with E-state index in [0.29, 0.717) is 16.2 Å². The molecule has 4 nitrogen and oxygen atoms in total. The Morgan fingerprint density at radius 3 is 1.88 bits per heavy atom. The Kier molecular flexibility index (Phi) is 5.72. The molecule has 0 spiro atoms. The number of rotatable bonds is 2. The average molecular weight is 481 g/mol. The quantitative estimate of drug-likeness (QED) is 0.468. The largest absolute Gasteiger partial charge is 0.435 e. The lowest BCUT2D eigenvalue weighted by Gasteiger charge is -2.20. The predicted octanol–water partition coefficient (Wildman–Crippen LogP) is 5.85. The zero-order valence-corrected chi connectivity index (χ0v) is 16.3. The molecule has 2 aromatic carbocycles. The van der Waals surface area contributed by atoms with Gasteiger partial charge in [-0.1, -0.05) is 23.8 Å². The number of halogens is 9. The monoisotopic (exact) mass is 481 g/mol. The molecule has 1 aromatic heterocycles.